The Kier molecular flexibility index (Phi) is 8.63. The smallest absolute Gasteiger partial charge is 0.333 e. The summed E-state index contributed by atoms with van der Waals surface area (Å²) >= 11 is 6.26. The number of benzene rings is 2. The van der Waals surface area contributed by atoms with Gasteiger partial charge in [0.2, 0.25) is 0 Å². The van der Waals surface area contributed by atoms with Gasteiger partial charge in [-0.3, -0.25) is 4.90 Å². The number of carbonyl (C=O) groups excluding carboxylic acids is 1. The highest BCUT2D eigenvalue weighted by Crippen LogP contribution is 2.32. The third kappa shape index (κ3) is 5.45. The summed E-state index contributed by atoms with van der Waals surface area (Å²) in [5.74, 6) is 0.127. The summed E-state index contributed by atoms with van der Waals surface area (Å²) in [4.78, 5) is 22.8. The maximum Gasteiger partial charge on any atom is 0.333 e. The van der Waals surface area contributed by atoms with Crippen molar-refractivity contribution in [1.82, 2.24) is 19.4 Å². The first-order valence-corrected chi connectivity index (χ1v) is 9.82. The van der Waals surface area contributed by atoms with Crippen LogP contribution in [0.5, 0.6) is 0 Å². The lowest BCUT2D eigenvalue weighted by Crippen LogP contribution is -2.63. The van der Waals surface area contributed by atoms with Crippen LogP contribution in [0.4, 0.5) is 5.69 Å². The first-order valence-electron chi connectivity index (χ1n) is 9.44. The second kappa shape index (κ2) is 10.8. The number of rotatable bonds is 5. The number of carbonyl (C=O) groups is 1. The van der Waals surface area contributed by atoms with Crippen molar-refractivity contribution in [3.05, 3.63) is 82.9 Å². The number of nitrogens with one attached hydrogen (secondary N) is 1. The molecular formula is C22H23Cl3N5O+. The number of aromatic amines is 1. The molecule has 1 N–H and O–H groups in total. The Morgan fingerprint density at radius 2 is 1.97 bits per heavy atom. The standard InChI is InChI=1S/C22H21ClN5O.2ClH/c23-19-2-1-3-21(10-19)28(15-18-6-4-17(11-24)5-7-18)9-8-27(14-22(28)29)13-20-12-25-16-26-20;;/h1-7,10,12,16H,8-9,13-15H2,(H,25,26);2*1H/q+1;;. The monoisotopic (exact) mass is 478 g/mol. The summed E-state index contributed by atoms with van der Waals surface area (Å²) in [5, 5.41) is 9.67. The van der Waals surface area contributed by atoms with Gasteiger partial charge >= 0.3 is 5.91 Å². The molecule has 1 saturated heterocycles. The Bertz CT molecular complexity index is 1050. The molecule has 1 atom stereocenters. The van der Waals surface area contributed by atoms with E-state index in [1.807, 2.05) is 36.4 Å². The molecule has 0 saturated carbocycles. The zero-order chi connectivity index (χ0) is 20.3. The number of H-pyrrole nitrogens is 1. The maximum atomic E-state index is 13.5. The van der Waals surface area contributed by atoms with Gasteiger partial charge in [0.1, 0.15) is 25.3 Å². The van der Waals surface area contributed by atoms with Gasteiger partial charge in [-0.25, -0.2) is 14.3 Å². The summed E-state index contributed by atoms with van der Waals surface area (Å²) in [7, 11) is 0. The molecule has 0 aliphatic carbocycles. The summed E-state index contributed by atoms with van der Waals surface area (Å²) in [6.07, 6.45) is 3.44. The van der Waals surface area contributed by atoms with Gasteiger partial charge in [0.15, 0.2) is 0 Å². The zero-order valence-electron chi connectivity index (χ0n) is 16.7. The van der Waals surface area contributed by atoms with Crippen LogP contribution >= 0.6 is 36.4 Å². The Balaban J connectivity index is 0.00000171. The minimum absolute atomic E-state index is 0. The van der Waals surface area contributed by atoms with E-state index in [0.717, 1.165) is 23.5 Å². The van der Waals surface area contributed by atoms with E-state index in [0.29, 0.717) is 36.8 Å². The fraction of sp³-hybridized carbons (Fsp3) is 0.227. The SMILES string of the molecule is Cl.Cl.N#Cc1ccc(C[N+]2(c3cccc(Cl)c3)CCN(Cc3cnc[nH]3)CC2=O)cc1. The fourth-order valence-electron chi connectivity index (χ4n) is 3.86. The molecule has 1 aliphatic rings. The van der Waals surface area contributed by atoms with Gasteiger partial charge in [0.25, 0.3) is 0 Å². The number of hydrogen-bond donors (Lipinski definition) is 1. The maximum absolute atomic E-state index is 13.5. The van der Waals surface area contributed by atoms with Crippen LogP contribution in [0.1, 0.15) is 16.8 Å². The van der Waals surface area contributed by atoms with Crippen LogP contribution in [-0.4, -0.2) is 40.4 Å². The van der Waals surface area contributed by atoms with Gasteiger partial charge in [-0.1, -0.05) is 29.8 Å². The quantitative estimate of drug-likeness (QED) is 0.553. The molecule has 162 valence electrons. The van der Waals surface area contributed by atoms with E-state index in [1.54, 1.807) is 24.7 Å². The molecule has 1 fully saturated rings. The average molecular weight is 480 g/mol. The number of imidazole rings is 1. The molecule has 1 unspecified atom stereocenters. The highest BCUT2D eigenvalue weighted by Gasteiger charge is 2.43. The molecular weight excluding hydrogens is 457 g/mol. The lowest BCUT2D eigenvalue weighted by Gasteiger charge is -2.42. The molecule has 2 aromatic carbocycles. The van der Waals surface area contributed by atoms with Gasteiger partial charge < -0.3 is 4.98 Å². The second-order valence-corrected chi connectivity index (χ2v) is 7.76. The van der Waals surface area contributed by atoms with Gasteiger partial charge in [0, 0.05) is 41.6 Å². The minimum Gasteiger partial charge on any atom is -0.347 e. The Hall–Kier alpha value is -2.40. The van der Waals surface area contributed by atoms with Crippen LogP contribution in [0.25, 0.3) is 0 Å². The molecule has 6 nitrogen and oxygen atoms in total. The van der Waals surface area contributed by atoms with E-state index in [-0.39, 0.29) is 35.2 Å². The summed E-state index contributed by atoms with van der Waals surface area (Å²) in [5.41, 5.74) is 3.51. The number of aromatic nitrogens is 2. The van der Waals surface area contributed by atoms with Crippen molar-refractivity contribution >= 4 is 48.0 Å². The third-order valence-electron chi connectivity index (χ3n) is 5.42. The first kappa shape index (κ1) is 24.9. The lowest BCUT2D eigenvalue weighted by atomic mass is 10.1. The summed E-state index contributed by atoms with van der Waals surface area (Å²) in [6, 6.07) is 17.1. The average Bonchev–Trinajstić information content (AvgIpc) is 3.24. The number of piperazine rings is 1. The number of nitriles is 1. The molecule has 0 radical (unpaired) electrons. The van der Waals surface area contributed by atoms with Crippen molar-refractivity contribution in [2.24, 2.45) is 0 Å². The number of nitrogens with zero attached hydrogens (tertiary/aromatic N) is 4. The van der Waals surface area contributed by atoms with Gasteiger partial charge in [-0.2, -0.15) is 5.26 Å². The second-order valence-electron chi connectivity index (χ2n) is 7.32. The van der Waals surface area contributed by atoms with Crippen molar-refractivity contribution in [2.75, 3.05) is 19.6 Å². The minimum atomic E-state index is 0. The van der Waals surface area contributed by atoms with Crippen LogP contribution in [-0.2, 0) is 17.9 Å². The molecule has 31 heavy (non-hydrogen) atoms. The number of quaternary nitrogens is 1. The molecule has 1 aromatic heterocycles. The van der Waals surface area contributed by atoms with Crippen molar-refractivity contribution in [3.63, 3.8) is 0 Å². The van der Waals surface area contributed by atoms with Crippen molar-refractivity contribution in [2.45, 2.75) is 13.1 Å². The van der Waals surface area contributed by atoms with Crippen molar-refractivity contribution in [3.8, 4) is 6.07 Å². The van der Waals surface area contributed by atoms with Crippen LogP contribution < -0.4 is 4.48 Å². The third-order valence-corrected chi connectivity index (χ3v) is 5.66. The number of amides is 1. The van der Waals surface area contributed by atoms with Crippen LogP contribution in [0.3, 0.4) is 0 Å². The van der Waals surface area contributed by atoms with Crippen LogP contribution in [0.2, 0.25) is 5.02 Å². The van der Waals surface area contributed by atoms with E-state index >= 15 is 0 Å². The molecule has 1 amide bonds. The Morgan fingerprint density at radius 3 is 2.58 bits per heavy atom. The predicted molar refractivity (Wildman–Crippen MR) is 126 cm³/mol. The van der Waals surface area contributed by atoms with Gasteiger partial charge in [0.05, 0.1) is 18.0 Å². The molecule has 9 heteroatoms. The van der Waals surface area contributed by atoms with E-state index in [4.69, 9.17) is 16.9 Å². The lowest BCUT2D eigenvalue weighted by molar-refractivity contribution is -0.136. The molecule has 0 bridgehead atoms. The van der Waals surface area contributed by atoms with Crippen molar-refractivity contribution < 1.29 is 4.79 Å². The van der Waals surface area contributed by atoms with E-state index in [9.17, 15) is 4.79 Å². The van der Waals surface area contributed by atoms with Crippen LogP contribution in [0.15, 0.2) is 61.1 Å². The highest BCUT2D eigenvalue weighted by atomic mass is 35.5. The van der Waals surface area contributed by atoms with Crippen LogP contribution in [0, 0.1) is 11.3 Å². The summed E-state index contributed by atoms with van der Waals surface area (Å²) in [6.45, 7) is 2.96. The molecule has 2 heterocycles. The fourth-order valence-corrected chi connectivity index (χ4v) is 4.04. The number of halogens is 3. The zero-order valence-corrected chi connectivity index (χ0v) is 19.1. The van der Waals surface area contributed by atoms with E-state index < -0.39 is 0 Å². The Labute approximate surface area is 198 Å². The summed E-state index contributed by atoms with van der Waals surface area (Å²) < 4.78 is 0.214. The Morgan fingerprint density at radius 1 is 1.19 bits per heavy atom. The molecule has 0 spiro atoms. The van der Waals surface area contributed by atoms with Gasteiger partial charge in [-0.05, 0) is 24.3 Å². The molecule has 4 rings (SSSR count). The molecule has 1 aliphatic heterocycles. The van der Waals surface area contributed by atoms with E-state index in [2.05, 4.69) is 20.9 Å². The van der Waals surface area contributed by atoms with Crippen molar-refractivity contribution in [1.29, 1.82) is 5.26 Å². The number of hydrogen-bond acceptors (Lipinski definition) is 4. The van der Waals surface area contributed by atoms with E-state index in [1.165, 1.54) is 0 Å². The largest absolute Gasteiger partial charge is 0.347 e. The highest BCUT2D eigenvalue weighted by molar-refractivity contribution is 6.30. The topological polar surface area (TPSA) is 72.8 Å². The predicted octanol–water partition coefficient (Wildman–Crippen LogP) is 4.33. The molecule has 3 aromatic rings. The van der Waals surface area contributed by atoms with Gasteiger partial charge in [-0.15, -0.1) is 24.8 Å². The first-order chi connectivity index (χ1) is 14.1. The normalized spacial score (nSPS) is 18.5.